The zero-order chi connectivity index (χ0) is 19.2. The predicted molar refractivity (Wildman–Crippen MR) is 101 cm³/mol. The molecule has 0 saturated heterocycles. The van der Waals surface area contributed by atoms with Crippen LogP contribution in [-0.2, 0) is 11.3 Å². The molecule has 2 aromatic heterocycles. The molecule has 0 aliphatic heterocycles. The van der Waals surface area contributed by atoms with E-state index in [1.165, 1.54) is 30.1 Å². The predicted octanol–water partition coefficient (Wildman–Crippen LogP) is 3.00. The molecule has 1 amide bonds. The van der Waals surface area contributed by atoms with Crippen molar-refractivity contribution < 1.29 is 9.72 Å². The van der Waals surface area contributed by atoms with Crippen LogP contribution in [0, 0.1) is 10.1 Å². The van der Waals surface area contributed by atoms with Crippen LogP contribution in [0.2, 0.25) is 0 Å². The Balaban J connectivity index is 1.73. The summed E-state index contributed by atoms with van der Waals surface area (Å²) in [6.45, 7) is 2.44. The fraction of sp³-hybridized carbons (Fsp3) is 0.176. The highest BCUT2D eigenvalue weighted by atomic mass is 32.2. The number of carbonyl (C=O) groups excluding carboxylic acids is 1. The Morgan fingerprint density at radius 1 is 1.26 bits per heavy atom. The Labute approximate surface area is 159 Å². The van der Waals surface area contributed by atoms with Gasteiger partial charge in [0.25, 0.3) is 5.69 Å². The zero-order valence-corrected chi connectivity index (χ0v) is 15.2. The maximum Gasteiger partial charge on any atom is 0.273 e. The van der Waals surface area contributed by atoms with E-state index in [1.807, 2.05) is 37.3 Å². The molecule has 1 aromatic carbocycles. The Bertz CT molecular complexity index is 960. The maximum absolute atomic E-state index is 12.1. The van der Waals surface area contributed by atoms with Gasteiger partial charge in [0.05, 0.1) is 10.7 Å². The molecule has 0 fully saturated rings. The summed E-state index contributed by atoms with van der Waals surface area (Å²) in [6, 6.07) is 11.8. The minimum atomic E-state index is -0.485. The molecule has 0 aliphatic carbocycles. The minimum Gasteiger partial charge on any atom is -0.325 e. The highest BCUT2D eigenvalue weighted by Gasteiger charge is 2.17. The van der Waals surface area contributed by atoms with Gasteiger partial charge in [-0.1, -0.05) is 30.0 Å². The lowest BCUT2D eigenvalue weighted by Gasteiger charge is -2.07. The van der Waals surface area contributed by atoms with Crippen LogP contribution in [0.25, 0.3) is 11.5 Å². The molecular weight excluding hydrogens is 368 g/mol. The third kappa shape index (κ3) is 4.47. The standard InChI is InChI=1S/C17H16N6O3S/c1-2-22-16(14-10-13(23(25)26)8-9-18-14)20-21-17(22)27-11-15(24)19-12-6-4-3-5-7-12/h3-10H,2,11H2,1H3,(H,19,24). The quantitative estimate of drug-likeness (QED) is 0.378. The molecular formula is C17H16N6O3S. The molecule has 3 rings (SSSR count). The summed E-state index contributed by atoms with van der Waals surface area (Å²) >= 11 is 1.24. The largest absolute Gasteiger partial charge is 0.325 e. The Kier molecular flexibility index (Phi) is 5.77. The summed E-state index contributed by atoms with van der Waals surface area (Å²) in [5.41, 5.74) is 1.02. The maximum atomic E-state index is 12.1. The first-order valence-electron chi connectivity index (χ1n) is 8.10. The fourth-order valence-electron chi connectivity index (χ4n) is 2.37. The van der Waals surface area contributed by atoms with E-state index in [9.17, 15) is 14.9 Å². The van der Waals surface area contributed by atoms with Gasteiger partial charge in [0.1, 0.15) is 5.69 Å². The normalized spacial score (nSPS) is 10.6. The number of rotatable bonds is 7. The SMILES string of the molecule is CCn1c(SCC(=O)Nc2ccccc2)nnc1-c1cc([N+](=O)[O-])ccn1. The molecule has 0 saturated carbocycles. The third-order valence-electron chi connectivity index (χ3n) is 3.61. The molecule has 9 nitrogen and oxygen atoms in total. The molecule has 1 N–H and O–H groups in total. The molecule has 0 unspecified atom stereocenters. The number of amides is 1. The van der Waals surface area contributed by atoms with Crippen molar-refractivity contribution in [1.82, 2.24) is 19.7 Å². The number of hydrogen-bond acceptors (Lipinski definition) is 7. The van der Waals surface area contributed by atoms with E-state index in [0.29, 0.717) is 23.2 Å². The van der Waals surface area contributed by atoms with Crippen molar-refractivity contribution in [1.29, 1.82) is 0 Å². The minimum absolute atomic E-state index is 0.0675. The number of nitro groups is 1. The average molecular weight is 384 g/mol. The number of aromatic nitrogens is 4. The number of hydrogen-bond donors (Lipinski definition) is 1. The molecule has 27 heavy (non-hydrogen) atoms. The number of thioether (sulfide) groups is 1. The summed E-state index contributed by atoms with van der Waals surface area (Å²) in [5.74, 6) is 0.425. The van der Waals surface area contributed by atoms with Crippen LogP contribution < -0.4 is 5.32 Å². The van der Waals surface area contributed by atoms with E-state index in [-0.39, 0.29) is 17.3 Å². The van der Waals surface area contributed by atoms with Gasteiger partial charge in [-0.3, -0.25) is 19.9 Å². The van der Waals surface area contributed by atoms with Gasteiger partial charge >= 0.3 is 0 Å². The van der Waals surface area contributed by atoms with E-state index in [1.54, 1.807) is 4.57 Å². The molecule has 3 aromatic rings. The fourth-order valence-corrected chi connectivity index (χ4v) is 3.18. The van der Waals surface area contributed by atoms with Crippen molar-refractivity contribution in [3.8, 4) is 11.5 Å². The van der Waals surface area contributed by atoms with Crippen molar-refractivity contribution in [2.75, 3.05) is 11.1 Å². The van der Waals surface area contributed by atoms with Gasteiger partial charge in [0.15, 0.2) is 11.0 Å². The number of nitrogens with zero attached hydrogens (tertiary/aromatic N) is 5. The molecule has 0 spiro atoms. The average Bonchev–Trinajstić information content (AvgIpc) is 3.10. The van der Waals surface area contributed by atoms with Crippen LogP contribution in [0.3, 0.4) is 0 Å². The number of benzene rings is 1. The van der Waals surface area contributed by atoms with Crippen LogP contribution in [0.1, 0.15) is 6.92 Å². The highest BCUT2D eigenvalue weighted by molar-refractivity contribution is 7.99. The van der Waals surface area contributed by atoms with Gasteiger partial charge in [0.2, 0.25) is 5.91 Å². The van der Waals surface area contributed by atoms with Gasteiger partial charge in [0, 0.05) is 30.6 Å². The smallest absolute Gasteiger partial charge is 0.273 e. The lowest BCUT2D eigenvalue weighted by Crippen LogP contribution is -2.14. The second-order valence-corrected chi connectivity index (χ2v) is 6.35. The van der Waals surface area contributed by atoms with Gasteiger partial charge in [-0.05, 0) is 19.1 Å². The van der Waals surface area contributed by atoms with E-state index < -0.39 is 4.92 Å². The third-order valence-corrected chi connectivity index (χ3v) is 4.57. The number of nitrogens with one attached hydrogen (secondary N) is 1. The lowest BCUT2D eigenvalue weighted by molar-refractivity contribution is -0.384. The van der Waals surface area contributed by atoms with Crippen molar-refractivity contribution in [3.63, 3.8) is 0 Å². The van der Waals surface area contributed by atoms with Crippen LogP contribution in [0.15, 0.2) is 53.8 Å². The Morgan fingerprint density at radius 2 is 2.04 bits per heavy atom. The number of anilines is 1. The molecule has 2 heterocycles. The summed E-state index contributed by atoms with van der Waals surface area (Å²) in [7, 11) is 0. The molecule has 138 valence electrons. The van der Waals surface area contributed by atoms with E-state index in [0.717, 1.165) is 5.69 Å². The highest BCUT2D eigenvalue weighted by Crippen LogP contribution is 2.25. The molecule has 10 heteroatoms. The van der Waals surface area contributed by atoms with Gasteiger partial charge in [-0.25, -0.2) is 0 Å². The Morgan fingerprint density at radius 3 is 2.74 bits per heavy atom. The number of para-hydroxylation sites is 1. The molecule has 0 radical (unpaired) electrons. The first kappa shape index (κ1) is 18.5. The first-order chi connectivity index (χ1) is 13.1. The van der Waals surface area contributed by atoms with Gasteiger partial charge in [-0.15, -0.1) is 10.2 Å². The van der Waals surface area contributed by atoms with Crippen molar-refractivity contribution in [2.24, 2.45) is 0 Å². The van der Waals surface area contributed by atoms with Gasteiger partial charge in [-0.2, -0.15) is 0 Å². The number of pyridine rings is 1. The second-order valence-electron chi connectivity index (χ2n) is 5.41. The first-order valence-corrected chi connectivity index (χ1v) is 9.08. The van der Waals surface area contributed by atoms with Crippen molar-refractivity contribution in [3.05, 3.63) is 58.8 Å². The Hall–Kier alpha value is -3.27. The number of carbonyl (C=O) groups is 1. The van der Waals surface area contributed by atoms with Crippen LogP contribution >= 0.6 is 11.8 Å². The van der Waals surface area contributed by atoms with Crippen molar-refractivity contribution in [2.45, 2.75) is 18.6 Å². The van der Waals surface area contributed by atoms with E-state index >= 15 is 0 Å². The lowest BCUT2D eigenvalue weighted by atomic mass is 10.3. The summed E-state index contributed by atoms with van der Waals surface area (Å²) in [6.07, 6.45) is 1.36. The van der Waals surface area contributed by atoms with E-state index in [2.05, 4.69) is 20.5 Å². The summed E-state index contributed by atoms with van der Waals surface area (Å²) < 4.78 is 1.77. The van der Waals surface area contributed by atoms with Crippen molar-refractivity contribution >= 4 is 29.0 Å². The molecule has 0 bridgehead atoms. The van der Waals surface area contributed by atoms with Gasteiger partial charge < -0.3 is 9.88 Å². The van der Waals surface area contributed by atoms with E-state index in [4.69, 9.17) is 0 Å². The topological polar surface area (TPSA) is 116 Å². The molecule has 0 aliphatic rings. The second kappa shape index (κ2) is 8.41. The summed E-state index contributed by atoms with van der Waals surface area (Å²) in [4.78, 5) is 26.7. The van der Waals surface area contributed by atoms with Crippen LogP contribution in [0.4, 0.5) is 11.4 Å². The monoisotopic (exact) mass is 384 g/mol. The van der Waals surface area contributed by atoms with Crippen LogP contribution in [0.5, 0.6) is 0 Å². The summed E-state index contributed by atoms with van der Waals surface area (Å²) in [5, 5.41) is 22.5. The van der Waals surface area contributed by atoms with Crippen LogP contribution in [-0.4, -0.2) is 36.3 Å². The molecule has 0 atom stereocenters. The zero-order valence-electron chi connectivity index (χ0n) is 14.4.